The lowest BCUT2D eigenvalue weighted by atomic mass is 10.1. The van der Waals surface area contributed by atoms with E-state index in [1.165, 1.54) is 0 Å². The van der Waals surface area contributed by atoms with Crippen molar-refractivity contribution in [1.82, 2.24) is 9.80 Å². The Kier molecular flexibility index (Phi) is 7.33. The largest absolute Gasteiger partial charge is 0.493 e. The van der Waals surface area contributed by atoms with Gasteiger partial charge >= 0.3 is 5.97 Å². The van der Waals surface area contributed by atoms with Gasteiger partial charge in [0.25, 0.3) is 0 Å². The average Bonchev–Trinajstić information content (AvgIpc) is 2.62. The van der Waals surface area contributed by atoms with Gasteiger partial charge in [-0.3, -0.25) is 9.69 Å². The Morgan fingerprint density at radius 3 is 2.04 bits per heavy atom. The Morgan fingerprint density at radius 2 is 1.56 bits per heavy atom. The number of methoxy groups -OCH3 is 3. The van der Waals surface area contributed by atoms with Crippen LogP contribution in [0, 0.1) is 0 Å². The van der Waals surface area contributed by atoms with Gasteiger partial charge in [-0.1, -0.05) is 0 Å². The zero-order chi connectivity index (χ0) is 18.2. The highest BCUT2D eigenvalue weighted by molar-refractivity contribution is 5.66. The van der Waals surface area contributed by atoms with E-state index in [0.717, 1.165) is 44.8 Å². The molecule has 1 N–H and O–H groups in total. The predicted molar refractivity (Wildman–Crippen MR) is 94.7 cm³/mol. The fourth-order valence-electron chi connectivity index (χ4n) is 3.11. The Balaban J connectivity index is 1.90. The molecule has 0 bridgehead atoms. The molecule has 0 aliphatic carbocycles. The predicted octanol–water partition coefficient (Wildman–Crippen LogP) is 1.69. The van der Waals surface area contributed by atoms with Gasteiger partial charge in [0.1, 0.15) is 0 Å². The molecule has 2 rings (SSSR count). The maximum absolute atomic E-state index is 10.6. The summed E-state index contributed by atoms with van der Waals surface area (Å²) in [6.07, 6.45) is 0.952. The smallest absolute Gasteiger partial charge is 0.303 e. The van der Waals surface area contributed by atoms with Gasteiger partial charge < -0.3 is 24.2 Å². The molecule has 0 aromatic heterocycles. The van der Waals surface area contributed by atoms with Crippen LogP contribution >= 0.6 is 0 Å². The van der Waals surface area contributed by atoms with Crippen LogP contribution in [0.25, 0.3) is 0 Å². The van der Waals surface area contributed by atoms with Gasteiger partial charge in [0, 0.05) is 39.1 Å². The van der Waals surface area contributed by atoms with Gasteiger partial charge in [0.2, 0.25) is 5.75 Å². The molecular formula is C18H28N2O5. The molecule has 0 saturated carbocycles. The van der Waals surface area contributed by atoms with Gasteiger partial charge in [-0.15, -0.1) is 0 Å². The van der Waals surface area contributed by atoms with E-state index in [-0.39, 0.29) is 6.42 Å². The summed E-state index contributed by atoms with van der Waals surface area (Å²) in [4.78, 5) is 15.3. The van der Waals surface area contributed by atoms with Crippen molar-refractivity contribution >= 4 is 5.97 Å². The first-order valence-corrected chi connectivity index (χ1v) is 8.52. The molecule has 1 fully saturated rings. The summed E-state index contributed by atoms with van der Waals surface area (Å²) in [5.74, 6) is 1.23. The molecule has 1 aliphatic rings. The normalized spacial score (nSPS) is 15.8. The number of piperazine rings is 1. The molecule has 0 amide bonds. The summed E-state index contributed by atoms with van der Waals surface area (Å²) < 4.78 is 16.2. The maximum atomic E-state index is 10.6. The molecule has 7 nitrogen and oxygen atoms in total. The maximum Gasteiger partial charge on any atom is 0.303 e. The average molecular weight is 352 g/mol. The van der Waals surface area contributed by atoms with Crippen molar-refractivity contribution in [2.45, 2.75) is 19.4 Å². The second kappa shape index (κ2) is 9.48. The van der Waals surface area contributed by atoms with Crippen molar-refractivity contribution < 1.29 is 24.1 Å². The van der Waals surface area contributed by atoms with Crippen molar-refractivity contribution in [3.63, 3.8) is 0 Å². The van der Waals surface area contributed by atoms with E-state index < -0.39 is 5.97 Å². The van der Waals surface area contributed by atoms with E-state index in [1.54, 1.807) is 21.3 Å². The third kappa shape index (κ3) is 5.51. The molecule has 1 heterocycles. The summed E-state index contributed by atoms with van der Waals surface area (Å²) in [7, 11) is 4.84. The fraction of sp³-hybridized carbons (Fsp3) is 0.611. The molecule has 140 valence electrons. The number of rotatable bonds is 9. The number of nitrogens with zero attached hydrogens (tertiary/aromatic N) is 2. The van der Waals surface area contributed by atoms with Crippen molar-refractivity contribution in [3.05, 3.63) is 17.7 Å². The van der Waals surface area contributed by atoms with Crippen LogP contribution in [0.5, 0.6) is 17.2 Å². The van der Waals surface area contributed by atoms with Crippen molar-refractivity contribution in [2.24, 2.45) is 0 Å². The van der Waals surface area contributed by atoms with E-state index in [2.05, 4.69) is 9.80 Å². The van der Waals surface area contributed by atoms with Crippen LogP contribution in [0.2, 0.25) is 0 Å². The SMILES string of the molecule is COc1cc(CN2CCN(CCCC(=O)O)CC2)cc(OC)c1OC. The Hall–Kier alpha value is -1.99. The van der Waals surface area contributed by atoms with Crippen molar-refractivity contribution in [1.29, 1.82) is 0 Å². The Labute approximate surface area is 149 Å². The van der Waals surface area contributed by atoms with E-state index in [0.29, 0.717) is 23.7 Å². The quantitative estimate of drug-likeness (QED) is 0.725. The van der Waals surface area contributed by atoms with Gasteiger partial charge in [-0.05, 0) is 30.7 Å². The molecule has 1 aromatic carbocycles. The third-order valence-electron chi connectivity index (χ3n) is 4.46. The number of carbonyl (C=O) groups is 1. The van der Waals surface area contributed by atoms with Crippen LogP contribution in [0.1, 0.15) is 18.4 Å². The summed E-state index contributed by atoms with van der Waals surface area (Å²) >= 11 is 0. The van der Waals surface area contributed by atoms with Crippen LogP contribution in [0.15, 0.2) is 12.1 Å². The van der Waals surface area contributed by atoms with E-state index in [9.17, 15) is 4.79 Å². The molecule has 0 radical (unpaired) electrons. The van der Waals surface area contributed by atoms with Crippen LogP contribution in [-0.2, 0) is 11.3 Å². The number of ether oxygens (including phenoxy) is 3. The summed E-state index contributed by atoms with van der Waals surface area (Å²) in [5.41, 5.74) is 1.12. The second-order valence-electron chi connectivity index (χ2n) is 6.15. The van der Waals surface area contributed by atoms with Gasteiger partial charge in [-0.25, -0.2) is 0 Å². The summed E-state index contributed by atoms with van der Waals surface area (Å²) in [5, 5.41) is 8.72. The molecule has 1 saturated heterocycles. The standard InChI is InChI=1S/C18H28N2O5/c1-23-15-11-14(12-16(24-2)18(15)25-3)13-20-9-7-19(8-10-20)6-4-5-17(21)22/h11-12H,4-10,13H2,1-3H3,(H,21,22). The molecule has 1 aliphatic heterocycles. The topological polar surface area (TPSA) is 71.5 Å². The Bertz CT molecular complexity index is 546. The number of benzene rings is 1. The minimum absolute atomic E-state index is 0.242. The molecule has 25 heavy (non-hydrogen) atoms. The fourth-order valence-corrected chi connectivity index (χ4v) is 3.11. The van der Waals surface area contributed by atoms with E-state index in [4.69, 9.17) is 19.3 Å². The number of hydrogen-bond donors (Lipinski definition) is 1. The Morgan fingerprint density at radius 1 is 1.00 bits per heavy atom. The number of carboxylic acid groups (broad SMARTS) is 1. The molecule has 0 atom stereocenters. The van der Waals surface area contributed by atoms with Gasteiger partial charge in [0.05, 0.1) is 21.3 Å². The minimum Gasteiger partial charge on any atom is -0.493 e. The zero-order valence-electron chi connectivity index (χ0n) is 15.3. The first-order chi connectivity index (χ1) is 12.1. The first kappa shape index (κ1) is 19.3. The number of aliphatic carboxylic acids is 1. The van der Waals surface area contributed by atoms with E-state index in [1.807, 2.05) is 12.1 Å². The molecule has 0 spiro atoms. The van der Waals surface area contributed by atoms with Crippen LogP contribution in [0.4, 0.5) is 0 Å². The lowest BCUT2D eigenvalue weighted by Crippen LogP contribution is -2.46. The molecule has 0 unspecified atom stereocenters. The van der Waals surface area contributed by atoms with Crippen molar-refractivity contribution in [2.75, 3.05) is 54.1 Å². The number of hydrogen-bond acceptors (Lipinski definition) is 6. The van der Waals surface area contributed by atoms with Crippen molar-refractivity contribution in [3.8, 4) is 17.2 Å². The summed E-state index contributed by atoms with van der Waals surface area (Å²) in [6, 6.07) is 3.97. The number of carboxylic acids is 1. The highest BCUT2D eigenvalue weighted by Crippen LogP contribution is 2.38. The first-order valence-electron chi connectivity index (χ1n) is 8.52. The second-order valence-corrected chi connectivity index (χ2v) is 6.15. The lowest BCUT2D eigenvalue weighted by molar-refractivity contribution is -0.137. The lowest BCUT2D eigenvalue weighted by Gasteiger charge is -2.34. The van der Waals surface area contributed by atoms with Crippen LogP contribution in [-0.4, -0.2) is 74.9 Å². The molecular weight excluding hydrogens is 324 g/mol. The molecule has 1 aromatic rings. The summed E-state index contributed by atoms with van der Waals surface area (Å²) in [6.45, 7) is 5.52. The van der Waals surface area contributed by atoms with Gasteiger partial charge in [0.15, 0.2) is 11.5 Å². The minimum atomic E-state index is -0.721. The highest BCUT2D eigenvalue weighted by atomic mass is 16.5. The highest BCUT2D eigenvalue weighted by Gasteiger charge is 2.19. The monoisotopic (exact) mass is 352 g/mol. The van der Waals surface area contributed by atoms with Crippen LogP contribution < -0.4 is 14.2 Å². The zero-order valence-corrected chi connectivity index (χ0v) is 15.3. The molecule has 7 heteroatoms. The van der Waals surface area contributed by atoms with Crippen LogP contribution in [0.3, 0.4) is 0 Å². The van der Waals surface area contributed by atoms with E-state index >= 15 is 0 Å². The third-order valence-corrected chi connectivity index (χ3v) is 4.46. The van der Waals surface area contributed by atoms with Gasteiger partial charge in [-0.2, -0.15) is 0 Å².